The van der Waals surface area contributed by atoms with Crippen molar-refractivity contribution in [1.29, 1.82) is 0 Å². The van der Waals surface area contributed by atoms with Gasteiger partial charge in [0.2, 0.25) is 11.8 Å². The molecule has 2 heterocycles. The zero-order valence-corrected chi connectivity index (χ0v) is 16.0. The zero-order valence-electron chi connectivity index (χ0n) is 16.0. The predicted octanol–water partition coefficient (Wildman–Crippen LogP) is 2.75. The number of nitrogens with one attached hydrogen (secondary N) is 1. The molecule has 3 aromatic rings. The standard InChI is InChI=1S/C22H23N5O2/c23-22(29)17-8-9-20(26-10-4-5-11-26)19(13-17)25-21(28)12-16-14-24-27(15-16)18-6-2-1-3-7-18/h1-3,6-9,13-15H,4-5,10-12H2,(H2,23,29)(H,25,28). The second-order valence-electron chi connectivity index (χ2n) is 7.14. The zero-order chi connectivity index (χ0) is 20.2. The maximum absolute atomic E-state index is 12.7. The molecule has 0 spiro atoms. The molecule has 29 heavy (non-hydrogen) atoms. The molecule has 0 bridgehead atoms. The molecule has 7 nitrogen and oxygen atoms in total. The van der Waals surface area contributed by atoms with E-state index in [1.165, 1.54) is 0 Å². The van der Waals surface area contributed by atoms with Crippen LogP contribution in [0.2, 0.25) is 0 Å². The minimum Gasteiger partial charge on any atom is -0.370 e. The van der Waals surface area contributed by atoms with E-state index in [1.54, 1.807) is 23.0 Å². The Morgan fingerprint density at radius 1 is 1.07 bits per heavy atom. The summed E-state index contributed by atoms with van der Waals surface area (Å²) in [5.41, 5.74) is 9.07. The van der Waals surface area contributed by atoms with E-state index >= 15 is 0 Å². The fourth-order valence-electron chi connectivity index (χ4n) is 3.58. The van der Waals surface area contributed by atoms with Crippen molar-refractivity contribution in [3.63, 3.8) is 0 Å². The normalized spacial score (nSPS) is 13.4. The summed E-state index contributed by atoms with van der Waals surface area (Å²) >= 11 is 0. The summed E-state index contributed by atoms with van der Waals surface area (Å²) in [6.45, 7) is 1.87. The average molecular weight is 389 g/mol. The first-order chi connectivity index (χ1) is 14.1. The molecular formula is C22H23N5O2. The minimum absolute atomic E-state index is 0.167. The first-order valence-electron chi connectivity index (χ1n) is 9.68. The highest BCUT2D eigenvalue weighted by Crippen LogP contribution is 2.30. The largest absolute Gasteiger partial charge is 0.370 e. The number of benzene rings is 2. The minimum atomic E-state index is -0.516. The fraction of sp³-hybridized carbons (Fsp3) is 0.227. The van der Waals surface area contributed by atoms with Gasteiger partial charge in [0.1, 0.15) is 0 Å². The van der Waals surface area contributed by atoms with Crippen LogP contribution in [0.4, 0.5) is 11.4 Å². The van der Waals surface area contributed by atoms with Gasteiger partial charge in [-0.25, -0.2) is 4.68 Å². The Hall–Kier alpha value is -3.61. The number of hydrogen-bond acceptors (Lipinski definition) is 4. The molecule has 1 aromatic heterocycles. The lowest BCUT2D eigenvalue weighted by Gasteiger charge is -2.22. The topological polar surface area (TPSA) is 93.2 Å². The summed E-state index contributed by atoms with van der Waals surface area (Å²) < 4.78 is 1.74. The summed E-state index contributed by atoms with van der Waals surface area (Å²) in [4.78, 5) is 26.5. The molecule has 0 radical (unpaired) electrons. The van der Waals surface area contributed by atoms with Crippen molar-refractivity contribution in [2.24, 2.45) is 5.73 Å². The molecule has 2 aromatic carbocycles. The van der Waals surface area contributed by atoms with Crippen molar-refractivity contribution < 1.29 is 9.59 Å². The number of carbonyl (C=O) groups excluding carboxylic acids is 2. The lowest BCUT2D eigenvalue weighted by molar-refractivity contribution is -0.115. The Kier molecular flexibility index (Phi) is 5.29. The van der Waals surface area contributed by atoms with Gasteiger partial charge in [0.05, 0.1) is 29.7 Å². The molecule has 0 aliphatic carbocycles. The summed E-state index contributed by atoms with van der Waals surface area (Å²) in [6.07, 6.45) is 5.95. The van der Waals surface area contributed by atoms with Crippen LogP contribution in [-0.4, -0.2) is 34.7 Å². The van der Waals surface area contributed by atoms with E-state index in [2.05, 4.69) is 15.3 Å². The predicted molar refractivity (Wildman–Crippen MR) is 112 cm³/mol. The van der Waals surface area contributed by atoms with Crippen molar-refractivity contribution in [2.75, 3.05) is 23.3 Å². The maximum Gasteiger partial charge on any atom is 0.248 e. The number of primary amides is 1. The fourth-order valence-corrected chi connectivity index (χ4v) is 3.58. The Bertz CT molecular complexity index is 1020. The van der Waals surface area contributed by atoms with Gasteiger partial charge in [-0.15, -0.1) is 0 Å². The van der Waals surface area contributed by atoms with Crippen molar-refractivity contribution in [3.05, 3.63) is 72.1 Å². The van der Waals surface area contributed by atoms with E-state index in [9.17, 15) is 9.59 Å². The summed E-state index contributed by atoms with van der Waals surface area (Å²) in [7, 11) is 0. The summed E-state index contributed by atoms with van der Waals surface area (Å²) in [6, 6.07) is 14.9. The van der Waals surface area contributed by atoms with Crippen LogP contribution in [-0.2, 0) is 11.2 Å². The average Bonchev–Trinajstić information content (AvgIpc) is 3.41. The van der Waals surface area contributed by atoms with Crippen LogP contribution < -0.4 is 16.0 Å². The molecule has 1 saturated heterocycles. The SMILES string of the molecule is NC(=O)c1ccc(N2CCCC2)c(NC(=O)Cc2cnn(-c3ccccc3)c2)c1. The van der Waals surface area contributed by atoms with Crippen molar-refractivity contribution in [1.82, 2.24) is 9.78 Å². The molecule has 148 valence electrons. The number of aromatic nitrogens is 2. The molecule has 1 aliphatic heterocycles. The van der Waals surface area contributed by atoms with E-state index in [4.69, 9.17) is 5.73 Å². The third-order valence-electron chi connectivity index (χ3n) is 5.02. The van der Waals surface area contributed by atoms with Gasteiger partial charge >= 0.3 is 0 Å². The van der Waals surface area contributed by atoms with E-state index < -0.39 is 5.91 Å². The van der Waals surface area contributed by atoms with E-state index in [-0.39, 0.29) is 12.3 Å². The number of amides is 2. The Morgan fingerprint density at radius 3 is 2.55 bits per heavy atom. The van der Waals surface area contributed by atoms with Crippen molar-refractivity contribution in [3.8, 4) is 5.69 Å². The second-order valence-corrected chi connectivity index (χ2v) is 7.14. The number of nitrogens with two attached hydrogens (primary N) is 1. The first-order valence-corrected chi connectivity index (χ1v) is 9.68. The third kappa shape index (κ3) is 4.29. The molecular weight excluding hydrogens is 366 g/mol. The highest BCUT2D eigenvalue weighted by Gasteiger charge is 2.18. The van der Waals surface area contributed by atoms with Crippen LogP contribution >= 0.6 is 0 Å². The number of rotatable bonds is 6. The second kappa shape index (κ2) is 8.18. The van der Waals surface area contributed by atoms with Crippen LogP contribution in [0.15, 0.2) is 60.9 Å². The smallest absolute Gasteiger partial charge is 0.248 e. The van der Waals surface area contributed by atoms with E-state index in [1.807, 2.05) is 42.6 Å². The van der Waals surface area contributed by atoms with Crippen molar-refractivity contribution in [2.45, 2.75) is 19.3 Å². The van der Waals surface area contributed by atoms with Crippen molar-refractivity contribution >= 4 is 23.2 Å². The van der Waals surface area contributed by atoms with Crippen LogP contribution in [0, 0.1) is 0 Å². The highest BCUT2D eigenvalue weighted by molar-refractivity contribution is 5.99. The monoisotopic (exact) mass is 389 g/mol. The quantitative estimate of drug-likeness (QED) is 0.678. The number of anilines is 2. The molecule has 7 heteroatoms. The van der Waals surface area contributed by atoms with Gasteiger partial charge in [-0.1, -0.05) is 18.2 Å². The first kappa shape index (κ1) is 18.7. The lowest BCUT2D eigenvalue weighted by Crippen LogP contribution is -2.22. The van der Waals surface area contributed by atoms with Gasteiger partial charge in [0.25, 0.3) is 0 Å². The van der Waals surface area contributed by atoms with Crippen LogP contribution in [0.3, 0.4) is 0 Å². The molecule has 1 aliphatic rings. The molecule has 2 amide bonds. The Morgan fingerprint density at radius 2 is 1.83 bits per heavy atom. The lowest BCUT2D eigenvalue weighted by atomic mass is 10.1. The summed E-state index contributed by atoms with van der Waals surface area (Å²) in [5.74, 6) is -0.683. The van der Waals surface area contributed by atoms with Gasteiger partial charge in [-0.2, -0.15) is 5.10 Å². The maximum atomic E-state index is 12.7. The number of nitrogens with zero attached hydrogens (tertiary/aromatic N) is 3. The molecule has 3 N–H and O–H groups in total. The van der Waals surface area contributed by atoms with Crippen LogP contribution in [0.5, 0.6) is 0 Å². The third-order valence-corrected chi connectivity index (χ3v) is 5.02. The molecule has 4 rings (SSSR count). The van der Waals surface area contributed by atoms with Gasteiger partial charge in [-0.3, -0.25) is 9.59 Å². The highest BCUT2D eigenvalue weighted by atomic mass is 16.2. The van der Waals surface area contributed by atoms with Gasteiger partial charge in [0, 0.05) is 24.8 Å². The molecule has 0 unspecified atom stereocenters. The molecule has 0 atom stereocenters. The van der Waals surface area contributed by atoms with E-state index in [0.29, 0.717) is 11.3 Å². The number of hydrogen-bond donors (Lipinski definition) is 2. The summed E-state index contributed by atoms with van der Waals surface area (Å²) in [5, 5.41) is 7.29. The molecule has 1 fully saturated rings. The van der Waals surface area contributed by atoms with Crippen LogP contribution in [0.25, 0.3) is 5.69 Å². The van der Waals surface area contributed by atoms with Crippen LogP contribution in [0.1, 0.15) is 28.8 Å². The number of para-hydroxylation sites is 1. The molecule has 0 saturated carbocycles. The van der Waals surface area contributed by atoms with Gasteiger partial charge < -0.3 is 16.0 Å². The van der Waals surface area contributed by atoms with Gasteiger partial charge in [-0.05, 0) is 48.7 Å². The van der Waals surface area contributed by atoms with Gasteiger partial charge in [0.15, 0.2) is 0 Å². The number of carbonyl (C=O) groups is 2. The van der Waals surface area contributed by atoms with E-state index in [0.717, 1.165) is 42.9 Å². The Labute approximate surface area is 169 Å². The Balaban J connectivity index is 1.51.